The van der Waals surface area contributed by atoms with Gasteiger partial charge in [-0.05, 0) is 38.7 Å². The molecule has 1 saturated heterocycles. The molecule has 130 valence electrons. The fourth-order valence-electron chi connectivity index (χ4n) is 3.21. The minimum absolute atomic E-state index is 0.0319. The van der Waals surface area contributed by atoms with Crippen molar-refractivity contribution < 1.29 is 9.59 Å². The van der Waals surface area contributed by atoms with Crippen LogP contribution in [-0.2, 0) is 9.59 Å². The van der Waals surface area contributed by atoms with Crippen LogP contribution in [0.1, 0.15) is 51.5 Å². The van der Waals surface area contributed by atoms with Crippen LogP contribution in [0.3, 0.4) is 0 Å². The maximum absolute atomic E-state index is 12.8. The minimum atomic E-state index is -0.0667. The van der Waals surface area contributed by atoms with Crippen molar-refractivity contribution in [3.8, 4) is 0 Å². The number of nitrogens with one attached hydrogen (secondary N) is 1. The topological polar surface area (TPSA) is 49.4 Å². The van der Waals surface area contributed by atoms with Gasteiger partial charge >= 0.3 is 0 Å². The molecule has 0 aliphatic carbocycles. The number of benzene rings is 1. The van der Waals surface area contributed by atoms with Crippen molar-refractivity contribution >= 4 is 11.8 Å². The SMILES string of the molecule is CC[C@H](C(=O)N1CCC(NC(=O)C=C(C)C)CC1)c1ccccc1. The predicted octanol–water partition coefficient (Wildman–Crippen LogP) is 3.25. The lowest BCUT2D eigenvalue weighted by Gasteiger charge is -2.34. The third kappa shape index (κ3) is 4.95. The molecule has 1 aliphatic rings. The molecule has 0 aromatic heterocycles. The highest BCUT2D eigenvalue weighted by Gasteiger charge is 2.28. The maximum Gasteiger partial charge on any atom is 0.244 e. The first-order valence-corrected chi connectivity index (χ1v) is 8.80. The lowest BCUT2D eigenvalue weighted by molar-refractivity contribution is -0.134. The molecule has 0 unspecified atom stereocenters. The Morgan fingerprint density at radius 2 is 1.83 bits per heavy atom. The van der Waals surface area contributed by atoms with E-state index in [0.29, 0.717) is 13.1 Å². The average Bonchev–Trinajstić information content (AvgIpc) is 2.56. The van der Waals surface area contributed by atoms with Crippen molar-refractivity contribution in [2.45, 2.75) is 52.0 Å². The molecule has 1 fully saturated rings. The zero-order valence-corrected chi connectivity index (χ0v) is 14.9. The third-order valence-corrected chi connectivity index (χ3v) is 4.48. The van der Waals surface area contributed by atoms with Crippen molar-refractivity contribution in [3.63, 3.8) is 0 Å². The van der Waals surface area contributed by atoms with Gasteiger partial charge in [-0.2, -0.15) is 0 Å². The first-order valence-electron chi connectivity index (χ1n) is 8.80. The number of rotatable bonds is 5. The molecule has 1 aliphatic heterocycles. The fraction of sp³-hybridized carbons (Fsp3) is 0.500. The molecule has 0 saturated carbocycles. The normalized spacial score (nSPS) is 16.4. The highest BCUT2D eigenvalue weighted by atomic mass is 16.2. The number of carbonyl (C=O) groups is 2. The van der Waals surface area contributed by atoms with E-state index in [4.69, 9.17) is 0 Å². The molecular weight excluding hydrogens is 300 g/mol. The van der Waals surface area contributed by atoms with E-state index >= 15 is 0 Å². The van der Waals surface area contributed by atoms with Crippen molar-refractivity contribution in [3.05, 3.63) is 47.5 Å². The summed E-state index contributed by atoms with van der Waals surface area (Å²) in [5.74, 6) is 0.108. The summed E-state index contributed by atoms with van der Waals surface area (Å²) >= 11 is 0. The van der Waals surface area contributed by atoms with Crippen LogP contribution >= 0.6 is 0 Å². The summed E-state index contributed by atoms with van der Waals surface area (Å²) in [4.78, 5) is 26.6. The monoisotopic (exact) mass is 328 g/mol. The number of nitrogens with zero attached hydrogens (tertiary/aromatic N) is 1. The highest BCUT2D eigenvalue weighted by Crippen LogP contribution is 2.24. The number of hydrogen-bond acceptors (Lipinski definition) is 2. The van der Waals surface area contributed by atoms with E-state index in [9.17, 15) is 9.59 Å². The van der Waals surface area contributed by atoms with Crippen LogP contribution in [-0.4, -0.2) is 35.8 Å². The molecule has 0 radical (unpaired) electrons. The lowest BCUT2D eigenvalue weighted by atomic mass is 9.93. The Morgan fingerprint density at radius 1 is 1.21 bits per heavy atom. The van der Waals surface area contributed by atoms with Gasteiger partial charge in [0.1, 0.15) is 0 Å². The number of allylic oxidation sites excluding steroid dienone is 1. The average molecular weight is 328 g/mol. The molecule has 0 spiro atoms. The highest BCUT2D eigenvalue weighted by molar-refractivity contribution is 5.88. The van der Waals surface area contributed by atoms with Crippen LogP contribution in [0.5, 0.6) is 0 Å². The van der Waals surface area contributed by atoms with E-state index in [0.717, 1.165) is 30.4 Å². The second-order valence-electron chi connectivity index (χ2n) is 6.70. The van der Waals surface area contributed by atoms with Crippen LogP contribution in [0.25, 0.3) is 0 Å². The molecule has 1 N–H and O–H groups in total. The predicted molar refractivity (Wildman–Crippen MR) is 96.6 cm³/mol. The summed E-state index contributed by atoms with van der Waals surface area (Å²) < 4.78 is 0. The fourth-order valence-corrected chi connectivity index (χ4v) is 3.21. The van der Waals surface area contributed by atoms with E-state index in [1.54, 1.807) is 6.08 Å². The number of likely N-dealkylation sites (tertiary alicyclic amines) is 1. The van der Waals surface area contributed by atoms with E-state index in [-0.39, 0.29) is 23.8 Å². The molecule has 24 heavy (non-hydrogen) atoms. The standard InChI is InChI=1S/C20H28N2O2/c1-4-18(16-8-6-5-7-9-16)20(24)22-12-10-17(11-13-22)21-19(23)14-15(2)3/h5-9,14,17-18H,4,10-13H2,1-3H3,(H,21,23)/t18-/m0/s1. The molecule has 1 atom stereocenters. The zero-order valence-electron chi connectivity index (χ0n) is 14.9. The number of amides is 2. The van der Waals surface area contributed by atoms with Crippen molar-refractivity contribution in [1.82, 2.24) is 10.2 Å². The molecule has 0 bridgehead atoms. The lowest BCUT2D eigenvalue weighted by Crippen LogP contribution is -2.47. The Hall–Kier alpha value is -2.10. The molecule has 2 amide bonds. The third-order valence-electron chi connectivity index (χ3n) is 4.48. The molecular formula is C20H28N2O2. The number of hydrogen-bond donors (Lipinski definition) is 1. The largest absolute Gasteiger partial charge is 0.350 e. The van der Waals surface area contributed by atoms with Gasteiger partial charge in [-0.25, -0.2) is 0 Å². The van der Waals surface area contributed by atoms with Crippen molar-refractivity contribution in [2.75, 3.05) is 13.1 Å². The summed E-state index contributed by atoms with van der Waals surface area (Å²) in [6.45, 7) is 7.30. The summed E-state index contributed by atoms with van der Waals surface area (Å²) in [5, 5.41) is 3.03. The number of piperidine rings is 1. The maximum atomic E-state index is 12.8. The van der Waals surface area contributed by atoms with Gasteiger partial charge in [0, 0.05) is 25.2 Å². The summed E-state index contributed by atoms with van der Waals surface area (Å²) in [7, 11) is 0. The molecule has 4 heteroatoms. The Bertz CT molecular complexity index is 583. The van der Waals surface area contributed by atoms with E-state index < -0.39 is 0 Å². The Kier molecular flexibility index (Phi) is 6.59. The van der Waals surface area contributed by atoms with Crippen LogP contribution in [0.15, 0.2) is 42.0 Å². The Labute approximate surface area is 144 Å². The Balaban J connectivity index is 1.90. The smallest absolute Gasteiger partial charge is 0.244 e. The van der Waals surface area contributed by atoms with E-state index in [1.165, 1.54) is 0 Å². The molecule has 1 heterocycles. The molecule has 1 aromatic rings. The molecule has 2 rings (SSSR count). The van der Waals surface area contributed by atoms with Gasteiger partial charge in [-0.1, -0.05) is 42.8 Å². The first-order chi connectivity index (χ1) is 11.5. The van der Waals surface area contributed by atoms with Gasteiger partial charge in [0.05, 0.1) is 5.92 Å². The first kappa shape index (κ1) is 18.2. The van der Waals surface area contributed by atoms with E-state index in [1.807, 2.05) is 49.1 Å². The van der Waals surface area contributed by atoms with Gasteiger partial charge in [0.25, 0.3) is 0 Å². The van der Waals surface area contributed by atoms with E-state index in [2.05, 4.69) is 12.2 Å². The van der Waals surface area contributed by atoms with Crippen LogP contribution < -0.4 is 5.32 Å². The van der Waals surface area contributed by atoms with Crippen LogP contribution in [0.4, 0.5) is 0 Å². The van der Waals surface area contributed by atoms with Gasteiger partial charge in [-0.15, -0.1) is 0 Å². The number of carbonyl (C=O) groups excluding carboxylic acids is 2. The Morgan fingerprint density at radius 3 is 2.38 bits per heavy atom. The zero-order chi connectivity index (χ0) is 17.5. The van der Waals surface area contributed by atoms with Crippen LogP contribution in [0, 0.1) is 0 Å². The second kappa shape index (κ2) is 8.67. The summed E-state index contributed by atoms with van der Waals surface area (Å²) in [6.07, 6.45) is 4.07. The van der Waals surface area contributed by atoms with Gasteiger partial charge in [0.15, 0.2) is 0 Å². The summed E-state index contributed by atoms with van der Waals surface area (Å²) in [5.41, 5.74) is 2.08. The molecule has 1 aromatic carbocycles. The molecule has 4 nitrogen and oxygen atoms in total. The quantitative estimate of drug-likeness (QED) is 0.844. The van der Waals surface area contributed by atoms with Gasteiger partial charge in [-0.3, -0.25) is 9.59 Å². The summed E-state index contributed by atoms with van der Waals surface area (Å²) in [6, 6.07) is 10.2. The van der Waals surface area contributed by atoms with Crippen molar-refractivity contribution in [1.29, 1.82) is 0 Å². The van der Waals surface area contributed by atoms with Gasteiger partial charge in [0.2, 0.25) is 11.8 Å². The van der Waals surface area contributed by atoms with Crippen molar-refractivity contribution in [2.24, 2.45) is 0 Å². The minimum Gasteiger partial charge on any atom is -0.350 e. The van der Waals surface area contributed by atoms with Gasteiger partial charge < -0.3 is 10.2 Å². The second-order valence-corrected chi connectivity index (χ2v) is 6.70. The van der Waals surface area contributed by atoms with Crippen LogP contribution in [0.2, 0.25) is 0 Å².